The molecule has 0 spiro atoms. The summed E-state index contributed by atoms with van der Waals surface area (Å²) in [5.74, 6) is -0.0830. The Bertz CT molecular complexity index is 513. The third-order valence-electron chi connectivity index (χ3n) is 1.96. The van der Waals surface area contributed by atoms with Crippen LogP contribution in [-0.4, -0.2) is 10.1 Å². The Morgan fingerprint density at radius 3 is 2.81 bits per heavy atom. The number of benzene rings is 1. The van der Waals surface area contributed by atoms with Crippen molar-refractivity contribution in [3.8, 4) is 11.5 Å². The van der Waals surface area contributed by atoms with Crippen LogP contribution in [0.4, 0.5) is 4.39 Å². The summed E-state index contributed by atoms with van der Waals surface area (Å²) in [6.45, 7) is 1.70. The average molecular weight is 261 g/mol. The maximum absolute atomic E-state index is 13.4. The highest BCUT2D eigenvalue weighted by Gasteiger charge is 2.16. The maximum atomic E-state index is 13.4. The van der Waals surface area contributed by atoms with Gasteiger partial charge in [0.15, 0.2) is 5.82 Å². The Hall–Kier alpha value is -1.13. The molecule has 0 saturated heterocycles. The third-order valence-corrected chi connectivity index (χ3v) is 2.39. The Morgan fingerprint density at radius 2 is 2.19 bits per heavy atom. The molecule has 16 heavy (non-hydrogen) atoms. The predicted octanol–water partition coefficient (Wildman–Crippen LogP) is 3.83. The minimum Gasteiger partial charge on any atom is -0.334 e. The molecule has 3 nitrogen and oxygen atoms in total. The van der Waals surface area contributed by atoms with Crippen LogP contribution < -0.4 is 0 Å². The first kappa shape index (κ1) is 11.4. The molecule has 2 aromatic rings. The van der Waals surface area contributed by atoms with Gasteiger partial charge < -0.3 is 4.52 Å². The molecule has 1 atom stereocenters. The van der Waals surface area contributed by atoms with E-state index < -0.39 is 5.82 Å². The van der Waals surface area contributed by atoms with Gasteiger partial charge >= 0.3 is 0 Å². The van der Waals surface area contributed by atoms with E-state index in [1.165, 1.54) is 18.2 Å². The topological polar surface area (TPSA) is 38.9 Å². The Morgan fingerprint density at radius 1 is 1.44 bits per heavy atom. The van der Waals surface area contributed by atoms with Crippen molar-refractivity contribution in [1.29, 1.82) is 0 Å². The lowest BCUT2D eigenvalue weighted by Gasteiger charge is -1.97. The number of aromatic nitrogens is 2. The zero-order valence-electron chi connectivity index (χ0n) is 8.25. The van der Waals surface area contributed by atoms with E-state index in [1.807, 2.05) is 0 Å². The maximum Gasteiger partial charge on any atom is 0.261 e. The molecule has 1 unspecified atom stereocenters. The van der Waals surface area contributed by atoms with Gasteiger partial charge in [-0.3, -0.25) is 0 Å². The molecule has 2 rings (SSSR count). The fourth-order valence-electron chi connectivity index (χ4n) is 1.17. The fourth-order valence-corrected chi connectivity index (χ4v) is 1.43. The molecule has 0 radical (unpaired) electrons. The van der Waals surface area contributed by atoms with Crippen molar-refractivity contribution in [3.05, 3.63) is 34.9 Å². The van der Waals surface area contributed by atoms with E-state index >= 15 is 0 Å². The zero-order valence-corrected chi connectivity index (χ0v) is 9.76. The van der Waals surface area contributed by atoms with Gasteiger partial charge in [-0.1, -0.05) is 16.8 Å². The fraction of sp³-hybridized carbons (Fsp3) is 0.200. The van der Waals surface area contributed by atoms with E-state index in [0.717, 1.165) is 0 Å². The number of halogens is 3. The first-order valence-corrected chi connectivity index (χ1v) is 5.32. The molecule has 0 amide bonds. The quantitative estimate of drug-likeness (QED) is 0.771. The minimum absolute atomic E-state index is 0.0718. The standard InChI is InChI=1S/C10H7Cl2FN2O/c1-5(11)9-14-10(16-15-9)7-4-6(12)2-3-8(7)13/h2-5H,1H3. The number of hydrogen-bond donors (Lipinski definition) is 0. The molecule has 6 heteroatoms. The van der Waals surface area contributed by atoms with Crippen LogP contribution in [-0.2, 0) is 0 Å². The summed E-state index contributed by atoms with van der Waals surface area (Å²) in [7, 11) is 0. The SMILES string of the molecule is CC(Cl)c1noc(-c2cc(Cl)ccc2F)n1. The van der Waals surface area contributed by atoms with Crippen LogP contribution in [0.5, 0.6) is 0 Å². The average Bonchev–Trinajstić information content (AvgIpc) is 2.70. The molecule has 1 heterocycles. The van der Waals surface area contributed by atoms with E-state index in [-0.39, 0.29) is 16.8 Å². The van der Waals surface area contributed by atoms with Crippen LogP contribution in [0.2, 0.25) is 5.02 Å². The van der Waals surface area contributed by atoms with E-state index in [9.17, 15) is 4.39 Å². The van der Waals surface area contributed by atoms with Crippen molar-refractivity contribution in [1.82, 2.24) is 10.1 Å². The van der Waals surface area contributed by atoms with Crippen LogP contribution >= 0.6 is 23.2 Å². The van der Waals surface area contributed by atoms with Crippen LogP contribution in [0.3, 0.4) is 0 Å². The molecule has 0 aliphatic rings. The lowest BCUT2D eigenvalue weighted by atomic mass is 10.2. The van der Waals surface area contributed by atoms with Gasteiger partial charge in [-0.05, 0) is 25.1 Å². The van der Waals surface area contributed by atoms with E-state index in [1.54, 1.807) is 6.92 Å². The lowest BCUT2D eigenvalue weighted by molar-refractivity contribution is 0.420. The van der Waals surface area contributed by atoms with Crippen LogP contribution in [0.25, 0.3) is 11.5 Å². The Kier molecular flexibility index (Phi) is 3.12. The predicted molar refractivity (Wildman–Crippen MR) is 59.0 cm³/mol. The van der Waals surface area contributed by atoms with Gasteiger partial charge in [0.1, 0.15) is 5.82 Å². The van der Waals surface area contributed by atoms with E-state index in [0.29, 0.717) is 10.8 Å². The second-order valence-electron chi connectivity index (χ2n) is 3.20. The second-order valence-corrected chi connectivity index (χ2v) is 4.29. The molecular weight excluding hydrogens is 254 g/mol. The molecule has 84 valence electrons. The van der Waals surface area contributed by atoms with Crippen molar-refractivity contribution in [2.75, 3.05) is 0 Å². The smallest absolute Gasteiger partial charge is 0.261 e. The van der Waals surface area contributed by atoms with Crippen molar-refractivity contribution in [2.45, 2.75) is 12.3 Å². The van der Waals surface area contributed by atoms with Crippen LogP contribution in [0, 0.1) is 5.82 Å². The van der Waals surface area contributed by atoms with Crippen molar-refractivity contribution in [2.24, 2.45) is 0 Å². The first-order valence-electron chi connectivity index (χ1n) is 4.51. The van der Waals surface area contributed by atoms with Gasteiger partial charge in [-0.2, -0.15) is 4.98 Å². The highest BCUT2D eigenvalue weighted by atomic mass is 35.5. The van der Waals surface area contributed by atoms with E-state index in [4.69, 9.17) is 27.7 Å². The zero-order chi connectivity index (χ0) is 11.7. The van der Waals surface area contributed by atoms with Gasteiger partial charge in [0.05, 0.1) is 10.9 Å². The van der Waals surface area contributed by atoms with Gasteiger partial charge in [-0.25, -0.2) is 4.39 Å². The Labute approximate surface area is 101 Å². The van der Waals surface area contributed by atoms with E-state index in [2.05, 4.69) is 10.1 Å². The molecule has 0 N–H and O–H groups in total. The highest BCUT2D eigenvalue weighted by Crippen LogP contribution is 2.26. The monoisotopic (exact) mass is 260 g/mol. The molecule has 0 aliphatic carbocycles. The number of hydrogen-bond acceptors (Lipinski definition) is 3. The molecule has 0 saturated carbocycles. The number of nitrogens with zero attached hydrogens (tertiary/aromatic N) is 2. The number of alkyl halides is 1. The molecule has 0 fully saturated rings. The molecule has 0 aliphatic heterocycles. The van der Waals surface area contributed by atoms with Gasteiger partial charge in [0, 0.05) is 5.02 Å². The summed E-state index contributed by atoms with van der Waals surface area (Å²) in [6, 6.07) is 4.11. The van der Waals surface area contributed by atoms with Crippen molar-refractivity contribution >= 4 is 23.2 Å². The summed E-state index contributed by atoms with van der Waals surface area (Å²) in [4.78, 5) is 3.97. The lowest BCUT2D eigenvalue weighted by Crippen LogP contribution is -1.88. The molecule has 0 bridgehead atoms. The van der Waals surface area contributed by atoms with Gasteiger partial charge in [0.25, 0.3) is 5.89 Å². The van der Waals surface area contributed by atoms with Gasteiger partial charge in [-0.15, -0.1) is 11.6 Å². The van der Waals surface area contributed by atoms with Crippen molar-refractivity contribution in [3.63, 3.8) is 0 Å². The van der Waals surface area contributed by atoms with Crippen LogP contribution in [0.15, 0.2) is 22.7 Å². The summed E-state index contributed by atoms with van der Waals surface area (Å²) < 4.78 is 18.3. The number of rotatable bonds is 2. The molecular formula is C10H7Cl2FN2O. The highest BCUT2D eigenvalue weighted by molar-refractivity contribution is 6.30. The summed E-state index contributed by atoms with van der Waals surface area (Å²) >= 11 is 11.5. The molecule has 1 aromatic carbocycles. The van der Waals surface area contributed by atoms with Crippen molar-refractivity contribution < 1.29 is 8.91 Å². The largest absolute Gasteiger partial charge is 0.334 e. The summed E-state index contributed by atoms with van der Waals surface area (Å²) in [5, 5.41) is 3.64. The summed E-state index contributed by atoms with van der Waals surface area (Å²) in [6.07, 6.45) is 0. The third kappa shape index (κ3) is 2.18. The minimum atomic E-state index is -0.471. The van der Waals surface area contributed by atoms with Crippen LogP contribution in [0.1, 0.15) is 18.1 Å². The summed E-state index contributed by atoms with van der Waals surface area (Å²) in [5.41, 5.74) is 0.170. The normalized spacial score (nSPS) is 12.8. The Balaban J connectivity index is 2.46. The second kappa shape index (κ2) is 4.39. The molecule has 1 aromatic heterocycles. The van der Waals surface area contributed by atoms with Gasteiger partial charge in [0.2, 0.25) is 0 Å². The first-order chi connectivity index (χ1) is 7.58.